The van der Waals surface area contributed by atoms with E-state index < -0.39 is 29.3 Å². The molecular weight excluding hydrogens is 545 g/mol. The molecular formula is C29H23F3N2O5S. The van der Waals surface area contributed by atoms with E-state index in [1.54, 1.807) is 50.2 Å². The number of alkyl halides is 3. The number of halogens is 3. The van der Waals surface area contributed by atoms with Crippen molar-refractivity contribution in [3.63, 3.8) is 0 Å². The van der Waals surface area contributed by atoms with Crippen molar-refractivity contribution in [3.05, 3.63) is 109 Å². The minimum atomic E-state index is -4.49. The number of hydrogen-bond donors (Lipinski definition) is 0. The van der Waals surface area contributed by atoms with Crippen LogP contribution in [0.5, 0.6) is 5.75 Å². The fraction of sp³-hybridized carbons (Fsp3) is 0.207. The third-order valence-electron chi connectivity index (χ3n) is 6.30. The Morgan fingerprint density at radius 2 is 1.93 bits per heavy atom. The summed E-state index contributed by atoms with van der Waals surface area (Å²) in [6, 6.07) is 14.2. The molecule has 0 radical (unpaired) electrons. The predicted molar refractivity (Wildman–Crippen MR) is 143 cm³/mol. The van der Waals surface area contributed by atoms with Gasteiger partial charge in [-0.2, -0.15) is 13.2 Å². The first-order valence-corrected chi connectivity index (χ1v) is 13.0. The molecule has 0 saturated heterocycles. The van der Waals surface area contributed by atoms with Crippen LogP contribution < -0.4 is 19.6 Å². The lowest BCUT2D eigenvalue weighted by Gasteiger charge is -2.24. The van der Waals surface area contributed by atoms with Gasteiger partial charge in [0.25, 0.3) is 5.56 Å². The topological polar surface area (TPSA) is 83.0 Å². The number of thiazole rings is 1. The number of carbonyl (C=O) groups is 1. The molecule has 0 spiro atoms. The second-order valence-corrected chi connectivity index (χ2v) is 9.87. The predicted octanol–water partition coefficient (Wildman–Crippen LogP) is 5.09. The van der Waals surface area contributed by atoms with Crippen LogP contribution in [-0.4, -0.2) is 24.3 Å². The minimum Gasteiger partial charge on any atom is -0.497 e. The Balaban J connectivity index is 1.61. The highest BCUT2D eigenvalue weighted by Crippen LogP contribution is 2.34. The van der Waals surface area contributed by atoms with Gasteiger partial charge in [-0.25, -0.2) is 9.79 Å². The van der Waals surface area contributed by atoms with E-state index >= 15 is 0 Å². The first kappa shape index (κ1) is 27.2. The van der Waals surface area contributed by atoms with E-state index in [-0.39, 0.29) is 33.8 Å². The van der Waals surface area contributed by atoms with Crippen LogP contribution in [0.1, 0.15) is 36.8 Å². The van der Waals surface area contributed by atoms with E-state index in [9.17, 15) is 22.8 Å². The smallest absolute Gasteiger partial charge is 0.416 e. The van der Waals surface area contributed by atoms with Gasteiger partial charge in [0.15, 0.2) is 4.80 Å². The summed E-state index contributed by atoms with van der Waals surface area (Å²) in [6.45, 7) is 3.53. The number of esters is 1. The Labute approximate surface area is 230 Å². The number of aromatic nitrogens is 1. The van der Waals surface area contributed by atoms with Crippen LogP contribution in [0.2, 0.25) is 0 Å². The summed E-state index contributed by atoms with van der Waals surface area (Å²) in [6.07, 6.45) is -2.98. The summed E-state index contributed by atoms with van der Waals surface area (Å²) in [5.41, 5.74) is 0.338. The summed E-state index contributed by atoms with van der Waals surface area (Å²) < 4.78 is 57.6. The van der Waals surface area contributed by atoms with Gasteiger partial charge in [0.2, 0.25) is 0 Å². The second kappa shape index (κ2) is 10.6. The molecule has 0 bridgehead atoms. The molecule has 0 amide bonds. The zero-order chi connectivity index (χ0) is 28.6. The van der Waals surface area contributed by atoms with E-state index in [0.717, 1.165) is 23.5 Å². The van der Waals surface area contributed by atoms with Crippen LogP contribution in [0, 0.1) is 0 Å². The molecule has 0 unspecified atom stereocenters. The zero-order valence-electron chi connectivity index (χ0n) is 21.6. The Hall–Kier alpha value is -4.38. The number of ether oxygens (including phenoxy) is 2. The molecule has 0 saturated carbocycles. The van der Waals surface area contributed by atoms with Crippen molar-refractivity contribution < 1.29 is 31.9 Å². The highest BCUT2D eigenvalue weighted by atomic mass is 32.1. The van der Waals surface area contributed by atoms with Gasteiger partial charge in [-0.1, -0.05) is 35.6 Å². The Kier molecular flexibility index (Phi) is 7.24. The first-order valence-electron chi connectivity index (χ1n) is 12.2. The molecule has 11 heteroatoms. The second-order valence-electron chi connectivity index (χ2n) is 8.86. The van der Waals surface area contributed by atoms with Crippen LogP contribution in [0.15, 0.2) is 86.1 Å². The third-order valence-corrected chi connectivity index (χ3v) is 7.28. The summed E-state index contributed by atoms with van der Waals surface area (Å²) in [4.78, 5) is 31.6. The number of rotatable bonds is 6. The lowest BCUT2D eigenvalue weighted by Crippen LogP contribution is -2.39. The Morgan fingerprint density at radius 1 is 1.15 bits per heavy atom. The molecule has 4 aromatic rings. The molecule has 3 heterocycles. The van der Waals surface area contributed by atoms with E-state index in [4.69, 9.17) is 13.9 Å². The zero-order valence-corrected chi connectivity index (χ0v) is 22.4. The standard InChI is InChI=1S/C29H23F3N2O5S/c1-4-38-27(36)24-16(2)33-28-34(25(24)18-8-6-10-20(14-18)37-3)26(35)23(40-28)15-21-11-12-22(39-21)17-7-5-9-19(13-17)29(30,31)32/h5-15,25H,4H2,1-3H3/b23-15+/t25-/m0/s1. The normalized spacial score (nSPS) is 15.6. The molecule has 206 valence electrons. The molecule has 5 rings (SSSR count). The number of methoxy groups -OCH3 is 1. The maximum absolute atomic E-state index is 13.7. The van der Waals surface area contributed by atoms with Crippen LogP contribution in [0.3, 0.4) is 0 Å². The van der Waals surface area contributed by atoms with Crippen LogP contribution in [-0.2, 0) is 15.7 Å². The summed E-state index contributed by atoms with van der Waals surface area (Å²) in [5.74, 6) is 0.467. The van der Waals surface area contributed by atoms with Crippen molar-refractivity contribution in [2.75, 3.05) is 13.7 Å². The Morgan fingerprint density at radius 3 is 2.65 bits per heavy atom. The molecule has 40 heavy (non-hydrogen) atoms. The number of carbonyl (C=O) groups excluding carboxylic acids is 1. The molecule has 2 aromatic carbocycles. The Bertz CT molecular complexity index is 1810. The van der Waals surface area contributed by atoms with Crippen LogP contribution in [0.25, 0.3) is 17.4 Å². The molecule has 2 aromatic heterocycles. The minimum absolute atomic E-state index is 0.150. The average Bonchev–Trinajstić information content (AvgIpc) is 3.52. The lowest BCUT2D eigenvalue weighted by atomic mass is 9.95. The maximum atomic E-state index is 13.7. The fourth-order valence-electron chi connectivity index (χ4n) is 4.48. The average molecular weight is 569 g/mol. The van der Waals surface area contributed by atoms with Crippen LogP contribution >= 0.6 is 11.3 Å². The molecule has 1 aliphatic heterocycles. The van der Waals surface area contributed by atoms with E-state index in [2.05, 4.69) is 4.99 Å². The summed E-state index contributed by atoms with van der Waals surface area (Å²) in [5, 5.41) is 0. The van der Waals surface area contributed by atoms with E-state index in [1.807, 2.05) is 0 Å². The van der Waals surface area contributed by atoms with Crippen molar-refractivity contribution in [1.82, 2.24) is 4.57 Å². The van der Waals surface area contributed by atoms with Gasteiger partial charge in [0.1, 0.15) is 17.3 Å². The first-order chi connectivity index (χ1) is 19.1. The van der Waals surface area contributed by atoms with E-state index in [1.165, 1.54) is 29.9 Å². The molecule has 0 N–H and O–H groups in total. The molecule has 7 nitrogen and oxygen atoms in total. The molecule has 1 aliphatic rings. The van der Waals surface area contributed by atoms with Crippen molar-refractivity contribution in [2.24, 2.45) is 4.99 Å². The molecule has 0 fully saturated rings. The highest BCUT2D eigenvalue weighted by Gasteiger charge is 2.34. The van der Waals surface area contributed by atoms with Gasteiger partial charge in [-0.3, -0.25) is 9.36 Å². The van der Waals surface area contributed by atoms with E-state index in [0.29, 0.717) is 21.8 Å². The number of hydrogen-bond acceptors (Lipinski definition) is 7. The van der Waals surface area contributed by atoms with Gasteiger partial charge in [0, 0.05) is 11.6 Å². The van der Waals surface area contributed by atoms with Crippen LogP contribution in [0.4, 0.5) is 13.2 Å². The number of fused-ring (bicyclic) bond motifs is 1. The lowest BCUT2D eigenvalue weighted by molar-refractivity contribution is -0.139. The van der Waals surface area contributed by atoms with Gasteiger partial charge >= 0.3 is 12.1 Å². The SMILES string of the molecule is CCOC(=O)C1=C(C)N=c2s/c(=C/c3ccc(-c4cccc(C(F)(F)F)c4)o3)c(=O)n2[C@H]1c1cccc(OC)c1. The largest absolute Gasteiger partial charge is 0.497 e. The quantitative estimate of drug-likeness (QED) is 0.303. The molecule has 0 aliphatic carbocycles. The number of benzene rings is 2. The fourth-order valence-corrected chi connectivity index (χ4v) is 5.51. The van der Waals surface area contributed by atoms with Crippen molar-refractivity contribution in [2.45, 2.75) is 26.1 Å². The van der Waals surface area contributed by atoms with Gasteiger partial charge in [-0.05, 0) is 55.8 Å². The monoisotopic (exact) mass is 568 g/mol. The summed E-state index contributed by atoms with van der Waals surface area (Å²) >= 11 is 1.11. The van der Waals surface area contributed by atoms with Gasteiger partial charge < -0.3 is 13.9 Å². The van der Waals surface area contributed by atoms with Crippen molar-refractivity contribution >= 4 is 23.4 Å². The van der Waals surface area contributed by atoms with Gasteiger partial charge in [0.05, 0.1) is 41.1 Å². The number of nitrogens with zero attached hydrogens (tertiary/aromatic N) is 2. The summed E-state index contributed by atoms with van der Waals surface area (Å²) in [7, 11) is 1.52. The third kappa shape index (κ3) is 5.12. The molecule has 1 atom stereocenters. The number of allylic oxidation sites excluding steroid dienone is 1. The van der Waals surface area contributed by atoms with Crippen molar-refractivity contribution in [1.29, 1.82) is 0 Å². The highest BCUT2D eigenvalue weighted by molar-refractivity contribution is 7.07. The van der Waals surface area contributed by atoms with Crippen molar-refractivity contribution in [3.8, 4) is 17.1 Å². The maximum Gasteiger partial charge on any atom is 0.416 e. The van der Waals surface area contributed by atoms with Gasteiger partial charge in [-0.15, -0.1) is 0 Å². The number of furan rings is 1.